The summed E-state index contributed by atoms with van der Waals surface area (Å²) in [4.78, 5) is 11.9. The van der Waals surface area contributed by atoms with Crippen LogP contribution in [0.2, 0.25) is 5.02 Å². The summed E-state index contributed by atoms with van der Waals surface area (Å²) in [7, 11) is 2.99. The van der Waals surface area contributed by atoms with E-state index in [0.717, 1.165) is 17.7 Å². The van der Waals surface area contributed by atoms with E-state index in [0.29, 0.717) is 11.5 Å². The van der Waals surface area contributed by atoms with Crippen LogP contribution in [0.1, 0.15) is 11.1 Å². The van der Waals surface area contributed by atoms with Crippen molar-refractivity contribution in [3.63, 3.8) is 0 Å². The van der Waals surface area contributed by atoms with Gasteiger partial charge in [-0.2, -0.15) is 13.2 Å². The number of methoxy groups -OCH3 is 2. The quantitative estimate of drug-likeness (QED) is 0.780. The summed E-state index contributed by atoms with van der Waals surface area (Å²) in [5.74, 6) is 1.04. The highest BCUT2D eigenvalue weighted by Crippen LogP contribution is 2.36. The summed E-state index contributed by atoms with van der Waals surface area (Å²) >= 11 is 5.54. The fourth-order valence-electron chi connectivity index (χ4n) is 2.17. The molecule has 0 aliphatic carbocycles. The molecule has 9 heteroatoms. The van der Waals surface area contributed by atoms with Crippen molar-refractivity contribution >= 4 is 23.3 Å². The molecule has 0 saturated carbocycles. The van der Waals surface area contributed by atoms with E-state index in [1.807, 2.05) is 0 Å². The summed E-state index contributed by atoms with van der Waals surface area (Å²) in [5.41, 5.74) is -0.312. The third-order valence-corrected chi connectivity index (χ3v) is 3.76. The van der Waals surface area contributed by atoms with Gasteiger partial charge >= 0.3 is 12.2 Å². The number of urea groups is 1. The number of halogens is 4. The maximum absolute atomic E-state index is 12.8. The average molecular weight is 389 g/mol. The van der Waals surface area contributed by atoms with Crippen LogP contribution in [0.3, 0.4) is 0 Å². The van der Waals surface area contributed by atoms with Crippen LogP contribution in [0.5, 0.6) is 11.5 Å². The second kappa shape index (κ2) is 8.18. The number of ether oxygens (including phenoxy) is 2. The van der Waals surface area contributed by atoms with Crippen molar-refractivity contribution in [1.29, 1.82) is 0 Å². The number of nitrogens with one attached hydrogen (secondary N) is 2. The fourth-order valence-corrected chi connectivity index (χ4v) is 2.39. The van der Waals surface area contributed by atoms with Crippen LogP contribution < -0.4 is 20.1 Å². The Balaban J connectivity index is 2.01. The van der Waals surface area contributed by atoms with Crippen LogP contribution in [0.25, 0.3) is 0 Å². The lowest BCUT2D eigenvalue weighted by Gasteiger charge is -2.13. The molecule has 2 amide bonds. The summed E-state index contributed by atoms with van der Waals surface area (Å²) in [5, 5.41) is 4.45. The third kappa shape index (κ3) is 4.95. The van der Waals surface area contributed by atoms with E-state index in [9.17, 15) is 18.0 Å². The number of anilines is 1. The average Bonchev–Trinajstić information content (AvgIpc) is 2.60. The number of carbonyl (C=O) groups excluding carboxylic acids is 1. The zero-order chi connectivity index (χ0) is 19.3. The Morgan fingerprint density at radius 3 is 2.38 bits per heavy atom. The molecule has 2 aromatic carbocycles. The van der Waals surface area contributed by atoms with E-state index >= 15 is 0 Å². The molecule has 0 unspecified atom stereocenters. The van der Waals surface area contributed by atoms with E-state index in [-0.39, 0.29) is 12.2 Å². The van der Waals surface area contributed by atoms with E-state index in [4.69, 9.17) is 21.1 Å². The first-order valence-corrected chi connectivity index (χ1v) is 7.75. The first-order valence-electron chi connectivity index (χ1n) is 7.37. The summed E-state index contributed by atoms with van der Waals surface area (Å²) in [6, 6.07) is 7.58. The van der Waals surface area contributed by atoms with Gasteiger partial charge in [0.2, 0.25) is 0 Å². The van der Waals surface area contributed by atoms with Crippen molar-refractivity contribution in [2.75, 3.05) is 19.5 Å². The first kappa shape index (κ1) is 19.7. The highest BCUT2D eigenvalue weighted by molar-refractivity contribution is 6.31. The minimum absolute atomic E-state index is 0.0217. The molecule has 0 radical (unpaired) electrons. The Kier molecular flexibility index (Phi) is 6.20. The van der Waals surface area contributed by atoms with E-state index in [1.54, 1.807) is 18.2 Å². The van der Waals surface area contributed by atoms with Gasteiger partial charge in [-0.05, 0) is 35.9 Å². The molecule has 0 atom stereocenters. The molecule has 140 valence electrons. The number of benzene rings is 2. The van der Waals surface area contributed by atoms with Gasteiger partial charge in [0.25, 0.3) is 0 Å². The third-order valence-electron chi connectivity index (χ3n) is 3.43. The SMILES string of the molecule is COc1ccc(CNC(=O)Nc2ccc(Cl)c(C(F)(F)F)c2)cc1OC. The maximum atomic E-state index is 12.8. The van der Waals surface area contributed by atoms with Crippen molar-refractivity contribution in [3.05, 3.63) is 52.5 Å². The van der Waals surface area contributed by atoms with Crippen molar-refractivity contribution in [2.45, 2.75) is 12.7 Å². The molecule has 2 aromatic rings. The van der Waals surface area contributed by atoms with Crippen LogP contribution in [-0.2, 0) is 12.7 Å². The van der Waals surface area contributed by atoms with Crippen LogP contribution in [0, 0.1) is 0 Å². The monoisotopic (exact) mass is 388 g/mol. The lowest BCUT2D eigenvalue weighted by molar-refractivity contribution is -0.137. The summed E-state index contributed by atoms with van der Waals surface area (Å²) in [6.07, 6.45) is -4.61. The standard InChI is InChI=1S/C17H16ClF3N2O3/c1-25-14-6-3-10(7-15(14)26-2)9-22-16(24)23-11-4-5-13(18)12(8-11)17(19,20)21/h3-8H,9H2,1-2H3,(H2,22,23,24). The first-order chi connectivity index (χ1) is 12.2. The molecular formula is C17H16ClF3N2O3. The summed E-state index contributed by atoms with van der Waals surface area (Å²) in [6.45, 7) is 0.145. The van der Waals surface area contributed by atoms with E-state index in [2.05, 4.69) is 10.6 Å². The minimum atomic E-state index is -4.61. The molecule has 0 fully saturated rings. The van der Waals surface area contributed by atoms with E-state index < -0.39 is 22.8 Å². The molecule has 0 heterocycles. The van der Waals surface area contributed by atoms with E-state index in [1.165, 1.54) is 20.3 Å². The van der Waals surface area contributed by atoms with Crippen LogP contribution in [0.15, 0.2) is 36.4 Å². The van der Waals surface area contributed by atoms with Gasteiger partial charge in [-0.3, -0.25) is 0 Å². The van der Waals surface area contributed by atoms with Gasteiger partial charge in [0.05, 0.1) is 24.8 Å². The molecule has 0 saturated heterocycles. The molecule has 2 rings (SSSR count). The normalized spacial score (nSPS) is 11.0. The van der Waals surface area contributed by atoms with Crippen molar-refractivity contribution in [2.24, 2.45) is 0 Å². The van der Waals surface area contributed by atoms with Crippen LogP contribution in [-0.4, -0.2) is 20.3 Å². The molecule has 0 aromatic heterocycles. The number of hydrogen-bond acceptors (Lipinski definition) is 3. The topological polar surface area (TPSA) is 59.6 Å². The molecular weight excluding hydrogens is 373 g/mol. The molecule has 2 N–H and O–H groups in total. The molecule has 5 nitrogen and oxygen atoms in total. The second-order valence-electron chi connectivity index (χ2n) is 5.19. The predicted octanol–water partition coefficient (Wildman–Crippen LogP) is 4.70. The Morgan fingerprint density at radius 2 is 1.77 bits per heavy atom. The van der Waals surface area contributed by atoms with Gasteiger partial charge in [-0.1, -0.05) is 17.7 Å². The zero-order valence-corrected chi connectivity index (χ0v) is 14.7. The lowest BCUT2D eigenvalue weighted by atomic mass is 10.2. The Labute approximate surface area is 153 Å². The van der Waals surface area contributed by atoms with Gasteiger partial charge in [0.15, 0.2) is 11.5 Å². The van der Waals surface area contributed by atoms with Gasteiger partial charge in [0.1, 0.15) is 0 Å². The van der Waals surface area contributed by atoms with Crippen molar-refractivity contribution in [1.82, 2.24) is 5.32 Å². The molecule has 0 aliphatic heterocycles. The number of carbonyl (C=O) groups is 1. The highest BCUT2D eigenvalue weighted by Gasteiger charge is 2.33. The Bertz CT molecular complexity index is 797. The van der Waals surface area contributed by atoms with Crippen molar-refractivity contribution < 1.29 is 27.4 Å². The minimum Gasteiger partial charge on any atom is -0.493 e. The number of amides is 2. The number of rotatable bonds is 5. The largest absolute Gasteiger partial charge is 0.493 e. The van der Waals surface area contributed by atoms with Gasteiger partial charge in [-0.25, -0.2) is 4.79 Å². The Morgan fingerprint density at radius 1 is 1.08 bits per heavy atom. The van der Waals surface area contributed by atoms with Crippen LogP contribution in [0.4, 0.5) is 23.7 Å². The van der Waals surface area contributed by atoms with Gasteiger partial charge in [-0.15, -0.1) is 0 Å². The lowest BCUT2D eigenvalue weighted by Crippen LogP contribution is -2.28. The Hall–Kier alpha value is -2.61. The number of hydrogen-bond donors (Lipinski definition) is 2. The molecule has 0 bridgehead atoms. The second-order valence-corrected chi connectivity index (χ2v) is 5.60. The summed E-state index contributed by atoms with van der Waals surface area (Å²) < 4.78 is 48.8. The molecule has 26 heavy (non-hydrogen) atoms. The number of alkyl halides is 3. The molecule has 0 spiro atoms. The smallest absolute Gasteiger partial charge is 0.417 e. The maximum Gasteiger partial charge on any atom is 0.417 e. The van der Waals surface area contributed by atoms with Crippen molar-refractivity contribution in [3.8, 4) is 11.5 Å². The van der Waals surface area contributed by atoms with Gasteiger partial charge < -0.3 is 20.1 Å². The fraction of sp³-hybridized carbons (Fsp3) is 0.235. The zero-order valence-electron chi connectivity index (χ0n) is 13.9. The van der Waals surface area contributed by atoms with Gasteiger partial charge in [0, 0.05) is 12.2 Å². The predicted molar refractivity (Wildman–Crippen MR) is 91.9 cm³/mol. The highest BCUT2D eigenvalue weighted by atomic mass is 35.5. The molecule has 0 aliphatic rings. The van der Waals surface area contributed by atoms with Crippen LogP contribution >= 0.6 is 11.6 Å².